The van der Waals surface area contributed by atoms with E-state index in [1.165, 1.54) is 17.5 Å². The van der Waals surface area contributed by atoms with E-state index in [1.807, 2.05) is 12.1 Å². The molecule has 3 atom stereocenters. The first kappa shape index (κ1) is 11.7. The molecule has 1 amide bonds. The summed E-state index contributed by atoms with van der Waals surface area (Å²) in [5.41, 5.74) is 2.45. The number of carbonyl (C=O) groups excluding carboxylic acids is 1. The summed E-state index contributed by atoms with van der Waals surface area (Å²) in [5, 5.41) is 6.43. The van der Waals surface area contributed by atoms with Gasteiger partial charge in [0.2, 0.25) is 5.91 Å². The van der Waals surface area contributed by atoms with Crippen LogP contribution in [0.15, 0.2) is 24.3 Å². The van der Waals surface area contributed by atoms with E-state index in [4.69, 9.17) is 0 Å². The Kier molecular flexibility index (Phi) is 3.08. The van der Waals surface area contributed by atoms with Gasteiger partial charge in [-0.05, 0) is 29.4 Å². The van der Waals surface area contributed by atoms with Crippen LogP contribution in [0.3, 0.4) is 0 Å². The first-order valence-electron chi connectivity index (χ1n) is 6.82. The Hall–Kier alpha value is -1.35. The zero-order valence-electron chi connectivity index (χ0n) is 10.8. The Morgan fingerprint density at radius 1 is 1.44 bits per heavy atom. The Bertz CT molecular complexity index is 458. The summed E-state index contributed by atoms with van der Waals surface area (Å²) in [6, 6.07) is 8.24. The molecular weight excluding hydrogens is 224 g/mol. The summed E-state index contributed by atoms with van der Waals surface area (Å²) in [6.07, 6.45) is 1.26. The van der Waals surface area contributed by atoms with Crippen LogP contribution in [0.2, 0.25) is 0 Å². The lowest BCUT2D eigenvalue weighted by molar-refractivity contribution is -0.122. The van der Waals surface area contributed by atoms with Gasteiger partial charge in [-0.2, -0.15) is 0 Å². The van der Waals surface area contributed by atoms with Gasteiger partial charge in [0, 0.05) is 19.6 Å². The van der Waals surface area contributed by atoms with Gasteiger partial charge in [0.15, 0.2) is 0 Å². The van der Waals surface area contributed by atoms with Gasteiger partial charge in [-0.3, -0.25) is 4.79 Å². The van der Waals surface area contributed by atoms with Crippen LogP contribution in [0, 0.1) is 11.8 Å². The summed E-state index contributed by atoms with van der Waals surface area (Å²) in [4.78, 5) is 12.2. The van der Waals surface area contributed by atoms with Crippen molar-refractivity contribution in [2.45, 2.75) is 25.8 Å². The molecule has 0 bridgehead atoms. The quantitative estimate of drug-likeness (QED) is 0.849. The fourth-order valence-electron chi connectivity index (χ4n) is 2.77. The molecule has 0 aromatic heterocycles. The Labute approximate surface area is 108 Å². The standard InChI is InChI=1S/C15H20N2O/c1-10-6-12(10)8-17-15(18)14-9-16-7-11-4-2-3-5-13(11)14/h2-5,10,12,14,16H,6-9H2,1H3,(H,17,18). The molecule has 2 N–H and O–H groups in total. The van der Waals surface area contributed by atoms with Crippen molar-refractivity contribution in [2.24, 2.45) is 11.8 Å². The molecule has 1 heterocycles. The van der Waals surface area contributed by atoms with Crippen molar-refractivity contribution < 1.29 is 4.79 Å². The van der Waals surface area contributed by atoms with Crippen molar-refractivity contribution in [1.82, 2.24) is 10.6 Å². The number of nitrogens with one attached hydrogen (secondary N) is 2. The van der Waals surface area contributed by atoms with Crippen LogP contribution in [0.5, 0.6) is 0 Å². The minimum absolute atomic E-state index is 0.0241. The third kappa shape index (κ3) is 2.27. The molecule has 3 heteroatoms. The Morgan fingerprint density at radius 3 is 3.00 bits per heavy atom. The maximum absolute atomic E-state index is 12.2. The highest BCUT2D eigenvalue weighted by atomic mass is 16.1. The van der Waals surface area contributed by atoms with Crippen LogP contribution in [0.25, 0.3) is 0 Å². The van der Waals surface area contributed by atoms with E-state index in [2.05, 4.69) is 29.7 Å². The van der Waals surface area contributed by atoms with Gasteiger partial charge in [0.05, 0.1) is 5.92 Å². The van der Waals surface area contributed by atoms with E-state index in [-0.39, 0.29) is 11.8 Å². The van der Waals surface area contributed by atoms with Gasteiger partial charge >= 0.3 is 0 Å². The molecule has 1 aliphatic heterocycles. The highest BCUT2D eigenvalue weighted by Crippen LogP contribution is 2.37. The molecule has 1 aromatic rings. The molecule has 18 heavy (non-hydrogen) atoms. The number of hydrogen-bond acceptors (Lipinski definition) is 2. The molecule has 2 aliphatic rings. The van der Waals surface area contributed by atoms with E-state index in [0.717, 1.165) is 25.6 Å². The van der Waals surface area contributed by atoms with Crippen LogP contribution < -0.4 is 10.6 Å². The molecule has 0 radical (unpaired) electrons. The SMILES string of the molecule is CC1CC1CNC(=O)C1CNCc2ccccc21. The number of rotatable bonds is 3. The lowest BCUT2D eigenvalue weighted by Gasteiger charge is -2.25. The zero-order valence-corrected chi connectivity index (χ0v) is 10.8. The van der Waals surface area contributed by atoms with Crippen LogP contribution in [-0.2, 0) is 11.3 Å². The molecule has 0 saturated heterocycles. The second-order valence-corrected chi connectivity index (χ2v) is 5.60. The second-order valence-electron chi connectivity index (χ2n) is 5.60. The molecule has 1 aliphatic carbocycles. The molecule has 3 rings (SSSR count). The van der Waals surface area contributed by atoms with E-state index in [9.17, 15) is 4.79 Å². The third-order valence-corrected chi connectivity index (χ3v) is 4.23. The van der Waals surface area contributed by atoms with Crippen LogP contribution >= 0.6 is 0 Å². The van der Waals surface area contributed by atoms with Gasteiger partial charge in [0.1, 0.15) is 0 Å². The number of carbonyl (C=O) groups is 1. The summed E-state index contributed by atoms with van der Waals surface area (Å²) in [6.45, 7) is 4.72. The fraction of sp³-hybridized carbons (Fsp3) is 0.533. The van der Waals surface area contributed by atoms with Crippen LogP contribution in [0.4, 0.5) is 0 Å². The van der Waals surface area contributed by atoms with Crippen molar-refractivity contribution in [1.29, 1.82) is 0 Å². The maximum atomic E-state index is 12.2. The lowest BCUT2D eigenvalue weighted by atomic mass is 9.90. The number of amides is 1. The number of fused-ring (bicyclic) bond motifs is 1. The molecule has 1 fully saturated rings. The normalized spacial score (nSPS) is 29.5. The molecule has 1 saturated carbocycles. The number of benzene rings is 1. The van der Waals surface area contributed by atoms with Crippen LogP contribution in [0.1, 0.15) is 30.4 Å². The largest absolute Gasteiger partial charge is 0.355 e. The highest BCUT2D eigenvalue weighted by Gasteiger charge is 2.33. The predicted octanol–water partition coefficient (Wildman–Crippen LogP) is 1.65. The molecule has 0 spiro atoms. The average Bonchev–Trinajstić information content (AvgIpc) is 3.11. The summed E-state index contributed by atoms with van der Waals surface area (Å²) in [7, 11) is 0. The second kappa shape index (κ2) is 4.73. The summed E-state index contributed by atoms with van der Waals surface area (Å²) in [5.74, 6) is 1.65. The zero-order chi connectivity index (χ0) is 12.5. The van der Waals surface area contributed by atoms with Gasteiger partial charge < -0.3 is 10.6 Å². The topological polar surface area (TPSA) is 41.1 Å². The van der Waals surface area contributed by atoms with E-state index in [0.29, 0.717) is 5.92 Å². The van der Waals surface area contributed by atoms with E-state index >= 15 is 0 Å². The van der Waals surface area contributed by atoms with Crippen LogP contribution in [-0.4, -0.2) is 19.0 Å². The Morgan fingerprint density at radius 2 is 2.22 bits per heavy atom. The van der Waals surface area contributed by atoms with Crippen molar-refractivity contribution in [3.05, 3.63) is 35.4 Å². The lowest BCUT2D eigenvalue weighted by Crippen LogP contribution is -2.39. The predicted molar refractivity (Wildman–Crippen MR) is 71.2 cm³/mol. The minimum atomic E-state index is -0.0241. The van der Waals surface area contributed by atoms with Gasteiger partial charge in [-0.15, -0.1) is 0 Å². The van der Waals surface area contributed by atoms with Gasteiger partial charge in [-0.25, -0.2) is 0 Å². The molecule has 96 valence electrons. The summed E-state index contributed by atoms with van der Waals surface area (Å²) < 4.78 is 0. The molecule has 3 unspecified atom stereocenters. The van der Waals surface area contributed by atoms with E-state index in [1.54, 1.807) is 0 Å². The highest BCUT2D eigenvalue weighted by molar-refractivity contribution is 5.84. The van der Waals surface area contributed by atoms with E-state index < -0.39 is 0 Å². The minimum Gasteiger partial charge on any atom is -0.355 e. The number of hydrogen-bond donors (Lipinski definition) is 2. The molecule has 1 aromatic carbocycles. The first-order valence-corrected chi connectivity index (χ1v) is 6.82. The fourth-order valence-corrected chi connectivity index (χ4v) is 2.77. The average molecular weight is 244 g/mol. The van der Waals surface area contributed by atoms with Crippen molar-refractivity contribution in [3.63, 3.8) is 0 Å². The van der Waals surface area contributed by atoms with Crippen molar-refractivity contribution in [2.75, 3.05) is 13.1 Å². The van der Waals surface area contributed by atoms with Gasteiger partial charge in [-0.1, -0.05) is 31.2 Å². The molecular formula is C15H20N2O. The molecule has 3 nitrogen and oxygen atoms in total. The maximum Gasteiger partial charge on any atom is 0.228 e. The Balaban J connectivity index is 1.67. The monoisotopic (exact) mass is 244 g/mol. The summed E-state index contributed by atoms with van der Waals surface area (Å²) >= 11 is 0. The van der Waals surface area contributed by atoms with Gasteiger partial charge in [0.25, 0.3) is 0 Å². The third-order valence-electron chi connectivity index (χ3n) is 4.23. The van der Waals surface area contributed by atoms with Crippen molar-refractivity contribution in [3.8, 4) is 0 Å². The van der Waals surface area contributed by atoms with Crippen molar-refractivity contribution >= 4 is 5.91 Å². The smallest absolute Gasteiger partial charge is 0.228 e. The first-order chi connectivity index (χ1) is 8.75.